The lowest BCUT2D eigenvalue weighted by Gasteiger charge is -1.92. The van der Waals surface area contributed by atoms with Gasteiger partial charge in [0.15, 0.2) is 0 Å². The lowest BCUT2D eigenvalue weighted by Crippen LogP contribution is -1.89. The van der Waals surface area contributed by atoms with Crippen LogP contribution in [0.2, 0.25) is 0 Å². The Balaban J connectivity index is 3.74. The highest BCUT2D eigenvalue weighted by Gasteiger charge is 1.85. The molecule has 0 N–H and O–H groups in total. The molecule has 0 bridgehead atoms. The Morgan fingerprint density at radius 3 is 2.45 bits per heavy atom. The van der Waals surface area contributed by atoms with Crippen molar-refractivity contribution in [3.63, 3.8) is 0 Å². The van der Waals surface area contributed by atoms with Gasteiger partial charge in [0.05, 0.1) is 19.6 Å². The van der Waals surface area contributed by atoms with Crippen molar-refractivity contribution in [3.8, 4) is 0 Å². The van der Waals surface area contributed by atoms with E-state index in [4.69, 9.17) is 4.74 Å². The normalized spacial score (nSPS) is 11.7. The van der Waals surface area contributed by atoms with E-state index in [1.165, 1.54) is 13.2 Å². The quantitative estimate of drug-likeness (QED) is 0.354. The number of hydrogen-bond acceptors (Lipinski definition) is 3. The first-order chi connectivity index (χ1) is 5.16. The summed E-state index contributed by atoms with van der Waals surface area (Å²) in [5.74, 6) is -0.327. The zero-order valence-electron chi connectivity index (χ0n) is 6.96. The van der Waals surface area contributed by atoms with E-state index >= 15 is 0 Å². The first-order valence-electron chi connectivity index (χ1n) is 3.20. The Morgan fingerprint density at radius 2 is 2.00 bits per heavy atom. The highest BCUT2D eigenvalue weighted by Crippen LogP contribution is 1.94. The van der Waals surface area contributed by atoms with Gasteiger partial charge in [0.1, 0.15) is 0 Å². The van der Waals surface area contributed by atoms with Crippen molar-refractivity contribution in [1.29, 1.82) is 0 Å². The van der Waals surface area contributed by atoms with Crippen molar-refractivity contribution >= 4 is 5.97 Å². The SMILES string of the molecule is COC=C(C)C=COC(C)=O. The number of carbonyl (C=O) groups is 1. The van der Waals surface area contributed by atoms with E-state index in [1.54, 1.807) is 19.4 Å². The van der Waals surface area contributed by atoms with E-state index in [-0.39, 0.29) is 5.97 Å². The van der Waals surface area contributed by atoms with Gasteiger partial charge in [0.2, 0.25) is 0 Å². The number of methoxy groups -OCH3 is 1. The molecular formula is C8H12O3. The summed E-state index contributed by atoms with van der Waals surface area (Å²) in [7, 11) is 1.56. The molecule has 0 amide bonds. The smallest absolute Gasteiger partial charge is 0.307 e. The fourth-order valence-electron chi connectivity index (χ4n) is 0.462. The molecule has 0 aromatic rings. The van der Waals surface area contributed by atoms with E-state index < -0.39 is 0 Å². The summed E-state index contributed by atoms with van der Waals surface area (Å²) >= 11 is 0. The average Bonchev–Trinajstić information content (AvgIpc) is 1.87. The van der Waals surface area contributed by atoms with Crippen molar-refractivity contribution in [3.05, 3.63) is 24.2 Å². The predicted octanol–water partition coefficient (Wildman–Crippen LogP) is 1.61. The molecule has 11 heavy (non-hydrogen) atoms. The Hall–Kier alpha value is -1.25. The second kappa shape index (κ2) is 5.53. The van der Waals surface area contributed by atoms with Crippen LogP contribution in [-0.4, -0.2) is 13.1 Å². The molecule has 0 rings (SSSR count). The molecule has 62 valence electrons. The molecule has 0 heterocycles. The minimum absolute atomic E-state index is 0.327. The van der Waals surface area contributed by atoms with E-state index in [2.05, 4.69) is 4.74 Å². The molecule has 0 aliphatic carbocycles. The van der Waals surface area contributed by atoms with Gasteiger partial charge in [-0.05, 0) is 18.6 Å². The summed E-state index contributed by atoms with van der Waals surface area (Å²) in [6, 6.07) is 0. The van der Waals surface area contributed by atoms with E-state index in [9.17, 15) is 4.79 Å². The van der Waals surface area contributed by atoms with Gasteiger partial charge in [-0.15, -0.1) is 0 Å². The van der Waals surface area contributed by atoms with Gasteiger partial charge in [-0.25, -0.2) is 0 Å². The number of esters is 1. The van der Waals surface area contributed by atoms with E-state index in [0.29, 0.717) is 0 Å². The first kappa shape index (κ1) is 9.75. The molecule has 0 aromatic carbocycles. The van der Waals surface area contributed by atoms with E-state index in [1.807, 2.05) is 6.92 Å². The fraction of sp³-hybridized carbons (Fsp3) is 0.375. The molecule has 3 nitrogen and oxygen atoms in total. The third-order valence-electron chi connectivity index (χ3n) is 0.869. The van der Waals surface area contributed by atoms with Crippen molar-refractivity contribution in [2.45, 2.75) is 13.8 Å². The molecule has 0 unspecified atom stereocenters. The van der Waals surface area contributed by atoms with Crippen LogP contribution in [0.1, 0.15) is 13.8 Å². The monoisotopic (exact) mass is 156 g/mol. The van der Waals surface area contributed by atoms with Crippen LogP contribution in [0.15, 0.2) is 24.2 Å². The highest BCUT2D eigenvalue weighted by molar-refractivity contribution is 5.66. The second-order valence-corrected chi connectivity index (χ2v) is 2.01. The fourth-order valence-corrected chi connectivity index (χ4v) is 0.462. The third kappa shape index (κ3) is 6.64. The Bertz CT molecular complexity index is 180. The minimum Gasteiger partial charge on any atom is -0.504 e. The molecule has 0 saturated carbocycles. The van der Waals surface area contributed by atoms with Crippen LogP contribution >= 0.6 is 0 Å². The molecule has 0 atom stereocenters. The standard InChI is InChI=1S/C8H12O3/c1-7(6-10-3)4-5-11-8(2)9/h4-6H,1-3H3. The maximum atomic E-state index is 10.3. The average molecular weight is 156 g/mol. The minimum atomic E-state index is -0.327. The van der Waals surface area contributed by atoms with Crippen LogP contribution in [0.25, 0.3) is 0 Å². The van der Waals surface area contributed by atoms with Crippen LogP contribution in [-0.2, 0) is 14.3 Å². The van der Waals surface area contributed by atoms with Gasteiger partial charge in [0, 0.05) is 6.92 Å². The molecule has 0 radical (unpaired) electrons. The molecule has 0 aliphatic heterocycles. The summed E-state index contributed by atoms with van der Waals surface area (Å²) in [4.78, 5) is 10.3. The predicted molar refractivity (Wildman–Crippen MR) is 41.7 cm³/mol. The first-order valence-corrected chi connectivity index (χ1v) is 3.20. The molecule has 0 aliphatic rings. The van der Waals surface area contributed by atoms with Gasteiger partial charge in [-0.3, -0.25) is 4.79 Å². The van der Waals surface area contributed by atoms with Crippen LogP contribution < -0.4 is 0 Å². The summed E-state index contributed by atoms with van der Waals surface area (Å²) in [6.07, 6.45) is 4.53. The Morgan fingerprint density at radius 1 is 1.36 bits per heavy atom. The van der Waals surface area contributed by atoms with Crippen LogP contribution in [0.4, 0.5) is 0 Å². The maximum absolute atomic E-state index is 10.3. The van der Waals surface area contributed by atoms with Crippen molar-refractivity contribution in [1.82, 2.24) is 0 Å². The van der Waals surface area contributed by atoms with Gasteiger partial charge in [-0.2, -0.15) is 0 Å². The topological polar surface area (TPSA) is 35.5 Å². The molecule has 0 aromatic heterocycles. The molecule has 0 spiro atoms. The highest BCUT2D eigenvalue weighted by atomic mass is 16.5. The number of ether oxygens (including phenoxy) is 2. The van der Waals surface area contributed by atoms with Gasteiger partial charge >= 0.3 is 5.97 Å². The number of carbonyl (C=O) groups excluding carboxylic acids is 1. The van der Waals surface area contributed by atoms with Crippen molar-refractivity contribution in [2.75, 3.05) is 7.11 Å². The van der Waals surface area contributed by atoms with Gasteiger partial charge in [-0.1, -0.05) is 0 Å². The van der Waals surface area contributed by atoms with Crippen molar-refractivity contribution in [2.24, 2.45) is 0 Å². The number of allylic oxidation sites excluding steroid dienone is 2. The van der Waals surface area contributed by atoms with Crippen LogP contribution in [0.5, 0.6) is 0 Å². The Labute approximate surface area is 66.3 Å². The Kier molecular flexibility index (Phi) is 4.90. The van der Waals surface area contributed by atoms with Crippen molar-refractivity contribution < 1.29 is 14.3 Å². The third-order valence-corrected chi connectivity index (χ3v) is 0.869. The number of hydrogen-bond donors (Lipinski definition) is 0. The largest absolute Gasteiger partial charge is 0.504 e. The molecule has 3 heteroatoms. The lowest BCUT2D eigenvalue weighted by atomic mass is 10.3. The number of rotatable bonds is 3. The zero-order chi connectivity index (χ0) is 8.69. The van der Waals surface area contributed by atoms with Crippen LogP contribution in [0, 0.1) is 0 Å². The zero-order valence-corrected chi connectivity index (χ0v) is 6.96. The lowest BCUT2D eigenvalue weighted by molar-refractivity contribution is -0.135. The van der Waals surface area contributed by atoms with Gasteiger partial charge in [0.25, 0.3) is 0 Å². The summed E-state index contributed by atoms with van der Waals surface area (Å²) < 4.78 is 9.25. The maximum Gasteiger partial charge on any atom is 0.307 e. The molecule has 0 fully saturated rings. The molecular weight excluding hydrogens is 144 g/mol. The summed E-state index contributed by atoms with van der Waals surface area (Å²) in [6.45, 7) is 3.18. The van der Waals surface area contributed by atoms with Gasteiger partial charge < -0.3 is 9.47 Å². The summed E-state index contributed by atoms with van der Waals surface area (Å²) in [5, 5.41) is 0. The second-order valence-electron chi connectivity index (χ2n) is 2.01. The summed E-state index contributed by atoms with van der Waals surface area (Å²) in [5.41, 5.74) is 0.883. The van der Waals surface area contributed by atoms with Crippen LogP contribution in [0.3, 0.4) is 0 Å². The van der Waals surface area contributed by atoms with E-state index in [0.717, 1.165) is 5.57 Å². The molecule has 0 saturated heterocycles.